The van der Waals surface area contributed by atoms with Crippen LogP contribution in [0.1, 0.15) is 0 Å². The van der Waals surface area contributed by atoms with Crippen molar-refractivity contribution in [3.63, 3.8) is 0 Å². The van der Waals surface area contributed by atoms with Crippen LogP contribution >= 0.6 is 0 Å². The summed E-state index contributed by atoms with van der Waals surface area (Å²) in [6.45, 7) is -4.15. The van der Waals surface area contributed by atoms with E-state index in [9.17, 15) is 86.8 Å². The summed E-state index contributed by atoms with van der Waals surface area (Å²) in [4.78, 5) is 0. The van der Waals surface area contributed by atoms with Crippen LogP contribution in [0.25, 0.3) is 0 Å². The van der Waals surface area contributed by atoms with Crippen molar-refractivity contribution in [3.05, 3.63) is 0 Å². The first-order valence-electron chi connectivity index (χ1n) is 17.6. The van der Waals surface area contributed by atoms with Crippen molar-refractivity contribution in [1.82, 2.24) is 0 Å². The van der Waals surface area contributed by atoms with Crippen molar-refractivity contribution in [3.8, 4) is 0 Å². The molecule has 0 aromatic heterocycles. The van der Waals surface area contributed by atoms with Gasteiger partial charge in [-0.3, -0.25) is 0 Å². The first-order valence-corrected chi connectivity index (χ1v) is 17.6. The SMILES string of the molecule is OC[C@H]1O[C@H](OC[C@H]2O[C@H](OC[C@H]3O[C@H](O[C@H]4[C@H](O)[C@@H](O)[C@@H](O)O[C@@H]4CO)[C@H](O)[C@@H](O)[C@@H]3O)[C@H](O)[C@@H](O)[C@@H]2OC2O[C@H](CO)[C@@H](O)[C@H](O)[C@H]2O)[C@H](O)[C@@H](O)[C@@H]1O. The maximum Gasteiger partial charge on any atom is 0.187 e. The molecule has 56 heavy (non-hydrogen) atoms. The lowest BCUT2D eigenvalue weighted by Crippen LogP contribution is -2.66. The van der Waals surface area contributed by atoms with E-state index in [4.69, 9.17) is 42.6 Å². The highest BCUT2D eigenvalue weighted by atomic mass is 16.8. The van der Waals surface area contributed by atoms with Crippen LogP contribution in [0.4, 0.5) is 0 Å². The topological polar surface area (TPSA) is 427 Å². The molecule has 17 N–H and O–H groups in total. The Morgan fingerprint density at radius 2 is 0.643 bits per heavy atom. The van der Waals surface area contributed by atoms with Gasteiger partial charge < -0.3 is 129 Å². The lowest BCUT2D eigenvalue weighted by Gasteiger charge is -2.47. The fourth-order valence-corrected chi connectivity index (χ4v) is 6.82. The molecule has 5 saturated heterocycles. The van der Waals surface area contributed by atoms with Crippen LogP contribution < -0.4 is 0 Å². The molecule has 0 radical (unpaired) electrons. The Morgan fingerprint density at radius 3 is 1.12 bits per heavy atom. The van der Waals surface area contributed by atoms with Gasteiger partial charge in [0.1, 0.15) is 122 Å². The Labute approximate surface area is 316 Å². The second-order valence-electron chi connectivity index (χ2n) is 14.0. The first kappa shape index (κ1) is 46.0. The smallest absolute Gasteiger partial charge is 0.187 e. The van der Waals surface area contributed by atoms with E-state index in [0.29, 0.717) is 0 Å². The molecule has 5 aliphatic heterocycles. The predicted molar refractivity (Wildman–Crippen MR) is 167 cm³/mol. The summed E-state index contributed by atoms with van der Waals surface area (Å²) < 4.78 is 49.3. The number of hydrogen-bond acceptors (Lipinski definition) is 26. The molecular weight excluding hydrogens is 776 g/mol. The summed E-state index contributed by atoms with van der Waals surface area (Å²) in [5, 5.41) is 175. The van der Waals surface area contributed by atoms with E-state index in [1.165, 1.54) is 0 Å². The quantitative estimate of drug-likeness (QED) is 0.0819. The highest BCUT2D eigenvalue weighted by Crippen LogP contribution is 2.33. The van der Waals surface area contributed by atoms with Crippen molar-refractivity contribution in [2.45, 2.75) is 154 Å². The van der Waals surface area contributed by atoms with Crippen LogP contribution in [0.15, 0.2) is 0 Å². The third-order valence-corrected chi connectivity index (χ3v) is 10.3. The molecule has 0 amide bonds. The summed E-state index contributed by atoms with van der Waals surface area (Å²) in [6.07, 6.45) is -45.7. The zero-order valence-electron chi connectivity index (χ0n) is 29.2. The Bertz CT molecular complexity index is 1200. The maximum atomic E-state index is 11.2. The molecule has 5 fully saturated rings. The molecule has 328 valence electrons. The highest BCUT2D eigenvalue weighted by Gasteiger charge is 2.54. The second kappa shape index (κ2) is 19.6. The van der Waals surface area contributed by atoms with Gasteiger partial charge in [0.15, 0.2) is 31.5 Å². The van der Waals surface area contributed by atoms with Gasteiger partial charge in [-0.05, 0) is 0 Å². The van der Waals surface area contributed by atoms with Gasteiger partial charge in [0, 0.05) is 0 Å². The summed E-state index contributed by atoms with van der Waals surface area (Å²) in [7, 11) is 0. The molecule has 1 unspecified atom stereocenters. The van der Waals surface area contributed by atoms with E-state index >= 15 is 0 Å². The van der Waals surface area contributed by atoms with Gasteiger partial charge in [-0.1, -0.05) is 0 Å². The Morgan fingerprint density at radius 1 is 0.304 bits per heavy atom. The fraction of sp³-hybridized carbons (Fsp3) is 1.00. The molecule has 5 heterocycles. The van der Waals surface area contributed by atoms with E-state index < -0.39 is 187 Å². The average Bonchev–Trinajstić information content (AvgIpc) is 3.18. The zero-order valence-corrected chi connectivity index (χ0v) is 29.2. The van der Waals surface area contributed by atoms with Crippen molar-refractivity contribution < 1.29 is 129 Å². The molecule has 0 aromatic carbocycles. The molecule has 0 aliphatic carbocycles. The van der Waals surface area contributed by atoms with Gasteiger partial charge in [-0.15, -0.1) is 0 Å². The fourth-order valence-electron chi connectivity index (χ4n) is 6.82. The van der Waals surface area contributed by atoms with Crippen molar-refractivity contribution in [2.75, 3.05) is 33.0 Å². The first-order chi connectivity index (χ1) is 26.4. The third kappa shape index (κ3) is 9.46. The van der Waals surface area contributed by atoms with Crippen LogP contribution in [0.2, 0.25) is 0 Å². The summed E-state index contributed by atoms with van der Waals surface area (Å²) in [6, 6.07) is 0. The molecule has 0 bridgehead atoms. The number of hydrogen-bond donors (Lipinski definition) is 17. The third-order valence-electron chi connectivity index (χ3n) is 10.3. The van der Waals surface area contributed by atoms with Gasteiger partial charge >= 0.3 is 0 Å². The average molecular weight is 829 g/mol. The lowest BCUT2D eigenvalue weighted by molar-refractivity contribution is -0.375. The Hall–Kier alpha value is -1.04. The minimum Gasteiger partial charge on any atom is -0.394 e. The van der Waals surface area contributed by atoms with Gasteiger partial charge in [-0.2, -0.15) is 0 Å². The molecule has 0 saturated carbocycles. The normalized spacial score (nSPS) is 53.2. The minimum absolute atomic E-state index is 0.795. The number of aliphatic hydroxyl groups excluding tert-OH is 17. The molecule has 26 heteroatoms. The van der Waals surface area contributed by atoms with E-state index in [0.717, 1.165) is 0 Å². The van der Waals surface area contributed by atoms with Crippen LogP contribution in [0.5, 0.6) is 0 Å². The highest BCUT2D eigenvalue weighted by molar-refractivity contribution is 4.97. The van der Waals surface area contributed by atoms with Crippen LogP contribution in [-0.2, 0) is 42.6 Å². The van der Waals surface area contributed by atoms with Crippen LogP contribution in [0.3, 0.4) is 0 Å². The molecule has 5 rings (SSSR count). The molecule has 0 aromatic rings. The minimum atomic E-state index is -2.08. The van der Waals surface area contributed by atoms with Gasteiger partial charge in [0.05, 0.1) is 33.0 Å². The van der Waals surface area contributed by atoms with Crippen LogP contribution in [0, 0.1) is 0 Å². The second-order valence-corrected chi connectivity index (χ2v) is 14.0. The van der Waals surface area contributed by atoms with Crippen molar-refractivity contribution >= 4 is 0 Å². The van der Waals surface area contributed by atoms with Crippen molar-refractivity contribution in [1.29, 1.82) is 0 Å². The van der Waals surface area contributed by atoms with E-state index in [1.807, 2.05) is 0 Å². The van der Waals surface area contributed by atoms with Crippen LogP contribution in [-0.4, -0.2) is 273 Å². The Kier molecular flexibility index (Phi) is 16.1. The number of ether oxygens (including phenoxy) is 9. The summed E-state index contributed by atoms with van der Waals surface area (Å²) >= 11 is 0. The lowest BCUT2D eigenvalue weighted by atomic mass is 9.96. The van der Waals surface area contributed by atoms with Crippen molar-refractivity contribution in [2.24, 2.45) is 0 Å². The standard InChI is InChI=1S/C30H52O26/c31-1-6-11(34)14(37)20(43)27(51-6)49-5-10-25(56-29-21(44)15(38)12(35)7(2-32)52-29)18(41)23(46)28(54-10)48-4-9-13(36)16(39)22(45)30(53-9)55-24-8(3-33)50-26(47)19(42)17(24)40/h6-47H,1-5H2/t6-,7-,8-,9-,10-,11-,12-,13-,14+,15+,16+,17-,18-,19-,20-,21-,22-,23-,24-,25-,26+,27+,28+,29?,30-/m1/s1. The monoisotopic (exact) mass is 828 g/mol. The number of rotatable bonds is 13. The molecule has 5 aliphatic rings. The van der Waals surface area contributed by atoms with Gasteiger partial charge in [-0.25, -0.2) is 0 Å². The van der Waals surface area contributed by atoms with E-state index in [1.54, 1.807) is 0 Å². The molecule has 26 nitrogen and oxygen atoms in total. The van der Waals surface area contributed by atoms with E-state index in [2.05, 4.69) is 0 Å². The van der Waals surface area contributed by atoms with Gasteiger partial charge in [0.2, 0.25) is 0 Å². The molecular formula is C30H52O26. The largest absolute Gasteiger partial charge is 0.394 e. The van der Waals surface area contributed by atoms with Gasteiger partial charge in [0.25, 0.3) is 0 Å². The Balaban J connectivity index is 1.31. The predicted octanol–water partition coefficient (Wildman–Crippen LogP) is -11.9. The maximum absolute atomic E-state index is 11.2. The zero-order chi connectivity index (χ0) is 41.3. The summed E-state index contributed by atoms with van der Waals surface area (Å²) in [5.41, 5.74) is 0. The van der Waals surface area contributed by atoms with E-state index in [-0.39, 0.29) is 0 Å². The molecule has 25 atom stereocenters. The summed E-state index contributed by atoms with van der Waals surface area (Å²) in [5.74, 6) is 0. The molecule has 0 spiro atoms. The number of aliphatic hydroxyl groups is 17.